The molecular weight excluding hydrogens is 230 g/mol. The van der Waals surface area contributed by atoms with Crippen molar-refractivity contribution >= 4 is 28.4 Å². The highest BCUT2D eigenvalue weighted by Crippen LogP contribution is 2.30. The summed E-state index contributed by atoms with van der Waals surface area (Å²) in [5.41, 5.74) is 15.5. The van der Waals surface area contributed by atoms with Gasteiger partial charge in [-0.2, -0.15) is 0 Å². The van der Waals surface area contributed by atoms with E-state index in [1.807, 2.05) is 6.07 Å². The van der Waals surface area contributed by atoms with Crippen LogP contribution < -0.4 is 11.5 Å². The van der Waals surface area contributed by atoms with E-state index in [0.29, 0.717) is 5.69 Å². The Morgan fingerprint density at radius 3 is 2.62 bits per heavy atom. The molecule has 13 heavy (non-hydrogen) atoms. The Kier molecular flexibility index (Phi) is 2.83. The summed E-state index contributed by atoms with van der Waals surface area (Å²) in [4.78, 5) is 2.22. The van der Waals surface area contributed by atoms with Gasteiger partial charge < -0.3 is 11.5 Å². The molecule has 0 amide bonds. The maximum absolute atomic E-state index is 5.84. The van der Waals surface area contributed by atoms with Gasteiger partial charge in [0, 0.05) is 13.1 Å². The van der Waals surface area contributed by atoms with Gasteiger partial charge in [0.05, 0.1) is 11.4 Å². The zero-order valence-corrected chi connectivity index (χ0v) is 9.29. The second-order valence-corrected chi connectivity index (χ2v) is 3.38. The van der Waals surface area contributed by atoms with Crippen molar-refractivity contribution in [2.75, 3.05) is 18.5 Å². The van der Waals surface area contributed by atoms with E-state index in [9.17, 15) is 0 Å². The standard InChI is InChI=1S/C9H13N3.BrH/c1-12-4-6-2-3-8(10)9(11)7(6)5-12;/h2-3H,4-5,10-11H2,1H3;1H. The molecule has 0 bridgehead atoms. The van der Waals surface area contributed by atoms with Crippen LogP contribution in [0, 0.1) is 0 Å². The predicted molar refractivity (Wildman–Crippen MR) is 60.8 cm³/mol. The highest BCUT2D eigenvalue weighted by atomic mass is 79.9. The average molecular weight is 244 g/mol. The molecule has 0 atom stereocenters. The first-order chi connectivity index (χ1) is 5.68. The lowest BCUT2D eigenvalue weighted by Crippen LogP contribution is -2.08. The summed E-state index contributed by atoms with van der Waals surface area (Å²) in [6.07, 6.45) is 0. The zero-order valence-electron chi connectivity index (χ0n) is 7.58. The fraction of sp³-hybridized carbons (Fsp3) is 0.333. The normalized spacial score (nSPS) is 15.2. The van der Waals surface area contributed by atoms with Crippen LogP contribution in [0.3, 0.4) is 0 Å². The van der Waals surface area contributed by atoms with E-state index in [1.54, 1.807) is 0 Å². The highest BCUT2D eigenvalue weighted by Gasteiger charge is 2.18. The third-order valence-electron chi connectivity index (χ3n) is 2.36. The van der Waals surface area contributed by atoms with Crippen LogP contribution in [0.25, 0.3) is 0 Å². The van der Waals surface area contributed by atoms with Gasteiger partial charge in [-0.05, 0) is 24.2 Å². The number of rotatable bonds is 0. The Morgan fingerprint density at radius 1 is 1.23 bits per heavy atom. The van der Waals surface area contributed by atoms with Gasteiger partial charge in [0.15, 0.2) is 0 Å². The van der Waals surface area contributed by atoms with Crippen molar-refractivity contribution in [3.63, 3.8) is 0 Å². The van der Waals surface area contributed by atoms with Gasteiger partial charge in [-0.1, -0.05) is 6.07 Å². The minimum Gasteiger partial charge on any atom is -0.397 e. The first-order valence-corrected chi connectivity index (χ1v) is 4.02. The first kappa shape index (κ1) is 10.3. The molecule has 0 aliphatic carbocycles. The maximum Gasteiger partial charge on any atom is 0.0596 e. The Balaban J connectivity index is 0.000000845. The fourth-order valence-corrected chi connectivity index (χ4v) is 1.68. The molecule has 0 aromatic heterocycles. The van der Waals surface area contributed by atoms with Crippen LogP contribution in [0.15, 0.2) is 12.1 Å². The summed E-state index contributed by atoms with van der Waals surface area (Å²) in [5, 5.41) is 0. The van der Waals surface area contributed by atoms with Crippen LogP contribution in [-0.2, 0) is 13.1 Å². The molecule has 1 aliphatic heterocycles. The third kappa shape index (κ3) is 1.64. The van der Waals surface area contributed by atoms with Crippen LogP contribution in [0.1, 0.15) is 11.1 Å². The van der Waals surface area contributed by atoms with Crippen molar-refractivity contribution in [2.45, 2.75) is 13.1 Å². The number of halogens is 1. The molecule has 0 saturated carbocycles. The number of fused-ring (bicyclic) bond motifs is 1. The minimum atomic E-state index is 0. The SMILES string of the molecule is Br.CN1Cc2ccc(N)c(N)c2C1. The van der Waals surface area contributed by atoms with E-state index in [-0.39, 0.29) is 17.0 Å². The number of nitrogens with zero attached hydrogens (tertiary/aromatic N) is 1. The quantitative estimate of drug-likeness (QED) is 0.678. The number of nitrogens with two attached hydrogens (primary N) is 2. The number of hydrogen-bond donors (Lipinski definition) is 2. The topological polar surface area (TPSA) is 55.3 Å². The summed E-state index contributed by atoms with van der Waals surface area (Å²) >= 11 is 0. The van der Waals surface area contributed by atoms with Crippen molar-refractivity contribution in [3.05, 3.63) is 23.3 Å². The fourth-order valence-electron chi connectivity index (χ4n) is 1.68. The van der Waals surface area contributed by atoms with Crippen LogP contribution in [0.5, 0.6) is 0 Å². The molecule has 0 fully saturated rings. The molecule has 0 unspecified atom stereocenters. The molecule has 1 heterocycles. The summed E-state index contributed by atoms with van der Waals surface area (Å²) in [7, 11) is 2.08. The number of nitrogen functional groups attached to an aromatic ring is 2. The molecular formula is C9H14BrN3. The van der Waals surface area contributed by atoms with Gasteiger partial charge in [-0.25, -0.2) is 0 Å². The third-order valence-corrected chi connectivity index (χ3v) is 2.36. The van der Waals surface area contributed by atoms with Gasteiger partial charge in [-0.3, -0.25) is 4.90 Å². The maximum atomic E-state index is 5.84. The van der Waals surface area contributed by atoms with Crippen LogP contribution in [0.4, 0.5) is 11.4 Å². The van der Waals surface area contributed by atoms with E-state index in [4.69, 9.17) is 11.5 Å². The lowest BCUT2D eigenvalue weighted by Gasteiger charge is -2.05. The average Bonchev–Trinajstić information content (AvgIpc) is 2.39. The van der Waals surface area contributed by atoms with E-state index < -0.39 is 0 Å². The van der Waals surface area contributed by atoms with Crippen LogP contribution in [-0.4, -0.2) is 11.9 Å². The van der Waals surface area contributed by atoms with E-state index >= 15 is 0 Å². The van der Waals surface area contributed by atoms with Crippen molar-refractivity contribution in [1.29, 1.82) is 0 Å². The van der Waals surface area contributed by atoms with Crippen molar-refractivity contribution in [2.24, 2.45) is 0 Å². The van der Waals surface area contributed by atoms with Crippen molar-refractivity contribution in [1.82, 2.24) is 4.90 Å². The number of benzene rings is 1. The molecule has 4 heteroatoms. The van der Waals surface area contributed by atoms with Crippen molar-refractivity contribution in [3.8, 4) is 0 Å². The molecule has 2 rings (SSSR count). The summed E-state index contributed by atoms with van der Waals surface area (Å²) < 4.78 is 0. The second-order valence-electron chi connectivity index (χ2n) is 3.38. The first-order valence-electron chi connectivity index (χ1n) is 4.02. The monoisotopic (exact) mass is 243 g/mol. The Labute approximate surface area is 88.5 Å². The van der Waals surface area contributed by atoms with Crippen molar-refractivity contribution < 1.29 is 0 Å². The molecule has 1 aromatic rings. The van der Waals surface area contributed by atoms with Gasteiger partial charge in [0.25, 0.3) is 0 Å². The number of hydrogen-bond acceptors (Lipinski definition) is 3. The summed E-state index contributed by atoms with van der Waals surface area (Å²) in [5.74, 6) is 0. The van der Waals surface area contributed by atoms with E-state index in [2.05, 4.69) is 18.0 Å². The summed E-state index contributed by atoms with van der Waals surface area (Å²) in [6, 6.07) is 3.94. The second kappa shape index (κ2) is 3.55. The predicted octanol–water partition coefficient (Wildman–Crippen LogP) is 1.37. The largest absolute Gasteiger partial charge is 0.397 e. The zero-order chi connectivity index (χ0) is 8.72. The molecule has 1 aromatic carbocycles. The summed E-state index contributed by atoms with van der Waals surface area (Å²) in [6.45, 7) is 1.91. The van der Waals surface area contributed by atoms with E-state index in [1.165, 1.54) is 11.1 Å². The van der Waals surface area contributed by atoms with Crippen LogP contribution in [0.2, 0.25) is 0 Å². The molecule has 0 radical (unpaired) electrons. The lowest BCUT2D eigenvalue weighted by atomic mass is 10.1. The number of anilines is 2. The van der Waals surface area contributed by atoms with Gasteiger partial charge in [-0.15, -0.1) is 17.0 Å². The lowest BCUT2D eigenvalue weighted by molar-refractivity contribution is 0.353. The molecule has 4 N–H and O–H groups in total. The molecule has 0 spiro atoms. The van der Waals surface area contributed by atoms with Gasteiger partial charge in [0.1, 0.15) is 0 Å². The molecule has 3 nitrogen and oxygen atoms in total. The van der Waals surface area contributed by atoms with Gasteiger partial charge >= 0.3 is 0 Å². The molecule has 0 saturated heterocycles. The Hall–Kier alpha value is -0.740. The van der Waals surface area contributed by atoms with Gasteiger partial charge in [0.2, 0.25) is 0 Å². The van der Waals surface area contributed by atoms with E-state index in [0.717, 1.165) is 18.8 Å². The molecule has 1 aliphatic rings. The Bertz CT molecular complexity index is 325. The highest BCUT2D eigenvalue weighted by molar-refractivity contribution is 8.93. The minimum absolute atomic E-state index is 0. The molecule has 72 valence electrons. The van der Waals surface area contributed by atoms with Crippen LogP contribution >= 0.6 is 17.0 Å². The smallest absolute Gasteiger partial charge is 0.0596 e. The Morgan fingerprint density at radius 2 is 1.92 bits per heavy atom.